The average molecular weight is 265 g/mol. The highest BCUT2D eigenvalue weighted by atomic mass is 16.1. The number of carbonyl (C=O) groups is 1. The van der Waals surface area contributed by atoms with Crippen molar-refractivity contribution >= 4 is 5.91 Å². The number of nitrogens with one attached hydrogen (secondary N) is 2. The van der Waals surface area contributed by atoms with Gasteiger partial charge in [-0.2, -0.15) is 0 Å². The lowest BCUT2D eigenvalue weighted by Crippen LogP contribution is -2.31. The number of aryl methyl sites for hydroxylation is 1. The van der Waals surface area contributed by atoms with Crippen LogP contribution in [0.4, 0.5) is 0 Å². The van der Waals surface area contributed by atoms with Crippen LogP contribution in [0.1, 0.15) is 44.5 Å². The van der Waals surface area contributed by atoms with Gasteiger partial charge in [0.1, 0.15) is 6.33 Å². The van der Waals surface area contributed by atoms with Gasteiger partial charge in [-0.25, -0.2) is 0 Å². The lowest BCUT2D eigenvalue weighted by atomic mass is 9.93. The number of carbonyl (C=O) groups excluding carboxylic acids is 1. The first-order chi connectivity index (χ1) is 9.16. The Morgan fingerprint density at radius 2 is 2.32 bits per heavy atom. The molecule has 6 heteroatoms. The zero-order chi connectivity index (χ0) is 13.7. The molecule has 19 heavy (non-hydrogen) atoms. The number of hydrogen-bond acceptors (Lipinski definition) is 4. The van der Waals surface area contributed by atoms with Crippen molar-refractivity contribution in [1.82, 2.24) is 25.4 Å². The van der Waals surface area contributed by atoms with Gasteiger partial charge in [0, 0.05) is 13.5 Å². The Labute approximate surface area is 114 Å². The van der Waals surface area contributed by atoms with Crippen molar-refractivity contribution in [3.63, 3.8) is 0 Å². The fraction of sp³-hybridized carbons (Fsp3) is 0.769. The van der Waals surface area contributed by atoms with Crippen molar-refractivity contribution in [1.29, 1.82) is 0 Å². The molecule has 2 N–H and O–H groups in total. The van der Waals surface area contributed by atoms with Crippen LogP contribution >= 0.6 is 0 Å². The molecule has 0 spiro atoms. The predicted molar refractivity (Wildman–Crippen MR) is 72.4 cm³/mol. The van der Waals surface area contributed by atoms with Crippen molar-refractivity contribution in [3.8, 4) is 0 Å². The first-order valence-corrected chi connectivity index (χ1v) is 7.01. The number of piperidine rings is 1. The Hall–Kier alpha value is -1.43. The van der Waals surface area contributed by atoms with E-state index in [0.717, 1.165) is 25.3 Å². The number of aromatic nitrogens is 3. The first-order valence-electron chi connectivity index (χ1n) is 7.01. The van der Waals surface area contributed by atoms with Crippen LogP contribution in [0.15, 0.2) is 6.33 Å². The topological polar surface area (TPSA) is 71.8 Å². The van der Waals surface area contributed by atoms with Gasteiger partial charge >= 0.3 is 0 Å². The molecule has 1 aromatic heterocycles. The van der Waals surface area contributed by atoms with Gasteiger partial charge in [-0.05, 0) is 45.2 Å². The summed E-state index contributed by atoms with van der Waals surface area (Å²) in [6.07, 6.45) is 5.61. The van der Waals surface area contributed by atoms with Crippen LogP contribution in [-0.4, -0.2) is 33.8 Å². The van der Waals surface area contributed by atoms with Crippen LogP contribution < -0.4 is 10.6 Å². The van der Waals surface area contributed by atoms with Crippen molar-refractivity contribution in [2.24, 2.45) is 13.0 Å². The quantitative estimate of drug-likeness (QED) is 0.825. The van der Waals surface area contributed by atoms with E-state index in [1.54, 1.807) is 6.33 Å². The van der Waals surface area contributed by atoms with Gasteiger partial charge in [0.15, 0.2) is 5.82 Å². The maximum Gasteiger partial charge on any atom is 0.220 e. The summed E-state index contributed by atoms with van der Waals surface area (Å²) in [5.74, 6) is 1.58. The Balaban J connectivity index is 1.73. The fourth-order valence-electron chi connectivity index (χ4n) is 2.57. The van der Waals surface area contributed by atoms with Gasteiger partial charge in [-0.3, -0.25) is 4.79 Å². The third-order valence-electron chi connectivity index (χ3n) is 3.75. The Morgan fingerprint density at radius 3 is 2.95 bits per heavy atom. The lowest BCUT2D eigenvalue weighted by Gasteiger charge is -2.22. The summed E-state index contributed by atoms with van der Waals surface area (Å²) in [6.45, 7) is 4.11. The summed E-state index contributed by atoms with van der Waals surface area (Å²) < 4.78 is 1.83. The van der Waals surface area contributed by atoms with Crippen molar-refractivity contribution < 1.29 is 4.79 Å². The van der Waals surface area contributed by atoms with E-state index >= 15 is 0 Å². The summed E-state index contributed by atoms with van der Waals surface area (Å²) in [6, 6.07) is -0.0898. The monoisotopic (exact) mass is 265 g/mol. The number of amides is 1. The molecule has 1 atom stereocenters. The van der Waals surface area contributed by atoms with Crippen LogP contribution in [0.5, 0.6) is 0 Å². The molecule has 1 aliphatic rings. The maximum atomic E-state index is 11.9. The molecular weight excluding hydrogens is 242 g/mol. The van der Waals surface area contributed by atoms with Gasteiger partial charge in [0.05, 0.1) is 6.04 Å². The van der Waals surface area contributed by atoms with E-state index in [0.29, 0.717) is 12.3 Å². The fourth-order valence-corrected chi connectivity index (χ4v) is 2.57. The summed E-state index contributed by atoms with van der Waals surface area (Å²) in [4.78, 5) is 11.9. The van der Waals surface area contributed by atoms with E-state index in [9.17, 15) is 4.79 Å². The Morgan fingerprint density at radius 1 is 1.58 bits per heavy atom. The molecule has 1 amide bonds. The molecule has 1 saturated heterocycles. The minimum absolute atomic E-state index is 0.0898. The third-order valence-corrected chi connectivity index (χ3v) is 3.75. The maximum absolute atomic E-state index is 11.9. The van der Waals surface area contributed by atoms with E-state index in [4.69, 9.17) is 0 Å². The molecule has 1 fully saturated rings. The average Bonchev–Trinajstić information content (AvgIpc) is 2.84. The molecule has 106 valence electrons. The molecule has 0 aromatic carbocycles. The molecule has 2 heterocycles. The molecule has 1 unspecified atom stereocenters. The van der Waals surface area contributed by atoms with E-state index in [-0.39, 0.29) is 11.9 Å². The smallest absolute Gasteiger partial charge is 0.220 e. The second-order valence-corrected chi connectivity index (χ2v) is 5.32. The van der Waals surface area contributed by atoms with Crippen LogP contribution in [0, 0.1) is 5.92 Å². The summed E-state index contributed by atoms with van der Waals surface area (Å²) in [5.41, 5.74) is 0. The van der Waals surface area contributed by atoms with Crippen LogP contribution in [0.2, 0.25) is 0 Å². The predicted octanol–water partition coefficient (Wildman–Crippen LogP) is 0.772. The molecule has 0 saturated carbocycles. The van der Waals surface area contributed by atoms with Gasteiger partial charge in [0.25, 0.3) is 0 Å². The lowest BCUT2D eigenvalue weighted by molar-refractivity contribution is -0.122. The van der Waals surface area contributed by atoms with Crippen LogP contribution in [0.25, 0.3) is 0 Å². The molecule has 0 aliphatic carbocycles. The summed E-state index contributed by atoms with van der Waals surface area (Å²) in [7, 11) is 1.88. The van der Waals surface area contributed by atoms with E-state index in [2.05, 4.69) is 20.8 Å². The molecule has 1 aromatic rings. The second kappa shape index (κ2) is 6.65. The number of hydrogen-bond donors (Lipinski definition) is 2. The minimum Gasteiger partial charge on any atom is -0.346 e. The van der Waals surface area contributed by atoms with E-state index < -0.39 is 0 Å². The number of nitrogens with zero attached hydrogens (tertiary/aromatic N) is 3. The highest BCUT2D eigenvalue weighted by Gasteiger charge is 2.17. The normalized spacial score (nSPS) is 18.2. The SMILES string of the molecule is CC(NC(=O)CCC1CCNCC1)c1nncn1C. The molecule has 0 radical (unpaired) electrons. The molecule has 6 nitrogen and oxygen atoms in total. The Bertz CT molecular complexity index is 411. The van der Waals surface area contributed by atoms with Crippen LogP contribution in [-0.2, 0) is 11.8 Å². The van der Waals surface area contributed by atoms with Gasteiger partial charge in [-0.15, -0.1) is 10.2 Å². The van der Waals surface area contributed by atoms with E-state index in [1.807, 2.05) is 18.5 Å². The standard InChI is InChI=1S/C13H23N5O/c1-10(13-17-15-9-18(13)2)16-12(19)4-3-11-5-7-14-8-6-11/h9-11,14H,3-8H2,1-2H3,(H,16,19). The molecule has 2 rings (SSSR count). The number of rotatable bonds is 5. The Kier molecular flexibility index (Phi) is 4.90. The van der Waals surface area contributed by atoms with Crippen molar-refractivity contribution in [3.05, 3.63) is 12.2 Å². The highest BCUT2D eigenvalue weighted by molar-refractivity contribution is 5.76. The zero-order valence-corrected chi connectivity index (χ0v) is 11.7. The third kappa shape index (κ3) is 4.02. The largest absolute Gasteiger partial charge is 0.346 e. The zero-order valence-electron chi connectivity index (χ0n) is 11.7. The van der Waals surface area contributed by atoms with Gasteiger partial charge in [0.2, 0.25) is 5.91 Å². The molecule has 1 aliphatic heterocycles. The highest BCUT2D eigenvalue weighted by Crippen LogP contribution is 2.18. The summed E-state index contributed by atoms with van der Waals surface area (Å²) in [5, 5.41) is 14.2. The molecular formula is C13H23N5O. The van der Waals surface area contributed by atoms with Gasteiger partial charge in [-0.1, -0.05) is 0 Å². The van der Waals surface area contributed by atoms with Crippen molar-refractivity contribution in [2.45, 2.75) is 38.6 Å². The van der Waals surface area contributed by atoms with Gasteiger partial charge < -0.3 is 15.2 Å². The minimum atomic E-state index is -0.0898. The second-order valence-electron chi connectivity index (χ2n) is 5.32. The van der Waals surface area contributed by atoms with Crippen LogP contribution in [0.3, 0.4) is 0 Å². The first kappa shape index (κ1) is 14.0. The van der Waals surface area contributed by atoms with E-state index in [1.165, 1.54) is 12.8 Å². The molecule has 0 bridgehead atoms. The van der Waals surface area contributed by atoms with Crippen molar-refractivity contribution in [2.75, 3.05) is 13.1 Å². The summed E-state index contributed by atoms with van der Waals surface area (Å²) >= 11 is 0.